The molecule has 0 aromatic heterocycles. The Labute approximate surface area is 127 Å². The van der Waals surface area contributed by atoms with E-state index in [-0.39, 0.29) is 6.04 Å². The second kappa shape index (κ2) is 7.55. The zero-order chi connectivity index (χ0) is 15.2. The van der Waals surface area contributed by atoms with Crippen molar-refractivity contribution in [3.63, 3.8) is 0 Å². The van der Waals surface area contributed by atoms with Crippen LogP contribution in [0.1, 0.15) is 25.5 Å². The first-order chi connectivity index (χ1) is 10.2. The molecule has 2 aromatic carbocycles. The van der Waals surface area contributed by atoms with E-state index in [1.54, 1.807) is 7.11 Å². The predicted octanol–water partition coefficient (Wildman–Crippen LogP) is 3.20. The van der Waals surface area contributed by atoms with Crippen molar-refractivity contribution in [3.05, 3.63) is 48.0 Å². The summed E-state index contributed by atoms with van der Waals surface area (Å²) in [6, 6.07) is 15.5. The fourth-order valence-corrected chi connectivity index (χ4v) is 3.16. The summed E-state index contributed by atoms with van der Waals surface area (Å²) < 4.78 is 5.32. The number of likely N-dealkylation sites (N-methyl/N-ethyl adjacent to an activating group) is 1. The molecule has 0 aliphatic carbocycles. The van der Waals surface area contributed by atoms with Crippen molar-refractivity contribution in [3.8, 4) is 0 Å². The molecule has 2 unspecified atom stereocenters. The van der Waals surface area contributed by atoms with E-state index in [0.717, 1.165) is 13.2 Å². The van der Waals surface area contributed by atoms with Crippen LogP contribution in [0.25, 0.3) is 10.8 Å². The minimum absolute atomic E-state index is 0.214. The number of nitrogens with two attached hydrogens (primary N) is 1. The molecular formula is C18H26N2O. The van der Waals surface area contributed by atoms with Gasteiger partial charge in [-0.15, -0.1) is 0 Å². The van der Waals surface area contributed by atoms with Gasteiger partial charge in [0.1, 0.15) is 0 Å². The first-order valence-corrected chi connectivity index (χ1v) is 7.65. The van der Waals surface area contributed by atoms with Crippen LogP contribution in [0.15, 0.2) is 42.5 Å². The van der Waals surface area contributed by atoms with Crippen LogP contribution in [0.3, 0.4) is 0 Å². The standard InChI is InChI=1S/C18H26N2O/c1-4-20(14(2)13-21-3)18(12-19)17-11-7-9-15-8-5-6-10-16(15)17/h5-11,14,18H,4,12-13,19H2,1-3H3. The van der Waals surface area contributed by atoms with Gasteiger partial charge in [0.05, 0.1) is 6.61 Å². The number of benzene rings is 2. The molecule has 21 heavy (non-hydrogen) atoms. The molecule has 0 saturated heterocycles. The van der Waals surface area contributed by atoms with Crippen LogP contribution in [-0.2, 0) is 4.74 Å². The van der Waals surface area contributed by atoms with Crippen LogP contribution in [0.5, 0.6) is 0 Å². The van der Waals surface area contributed by atoms with Crippen LogP contribution in [0, 0.1) is 0 Å². The minimum atomic E-state index is 0.214. The van der Waals surface area contributed by atoms with E-state index in [2.05, 4.69) is 61.2 Å². The van der Waals surface area contributed by atoms with Gasteiger partial charge in [0.2, 0.25) is 0 Å². The van der Waals surface area contributed by atoms with Crippen LogP contribution in [-0.4, -0.2) is 37.7 Å². The normalized spacial score (nSPS) is 14.5. The summed E-state index contributed by atoms with van der Waals surface area (Å²) in [5, 5.41) is 2.56. The van der Waals surface area contributed by atoms with Crippen LogP contribution in [0.2, 0.25) is 0 Å². The van der Waals surface area contributed by atoms with Gasteiger partial charge in [0.25, 0.3) is 0 Å². The van der Waals surface area contributed by atoms with Crippen molar-refractivity contribution in [2.45, 2.75) is 25.9 Å². The third kappa shape index (κ3) is 3.43. The number of hydrogen-bond acceptors (Lipinski definition) is 3. The molecule has 0 heterocycles. The fourth-order valence-electron chi connectivity index (χ4n) is 3.16. The topological polar surface area (TPSA) is 38.5 Å². The number of rotatable bonds is 7. The Morgan fingerprint density at radius 2 is 1.86 bits per heavy atom. The molecule has 0 aliphatic heterocycles. The second-order valence-corrected chi connectivity index (χ2v) is 5.45. The quantitative estimate of drug-likeness (QED) is 0.849. The summed E-state index contributed by atoms with van der Waals surface area (Å²) in [4.78, 5) is 2.42. The van der Waals surface area contributed by atoms with Gasteiger partial charge in [-0.2, -0.15) is 0 Å². The lowest BCUT2D eigenvalue weighted by Gasteiger charge is -2.35. The Morgan fingerprint density at radius 3 is 2.52 bits per heavy atom. The molecule has 0 fully saturated rings. The first kappa shape index (κ1) is 16.0. The maximum atomic E-state index is 6.12. The molecule has 0 aliphatic rings. The highest BCUT2D eigenvalue weighted by molar-refractivity contribution is 5.86. The zero-order valence-corrected chi connectivity index (χ0v) is 13.3. The van der Waals surface area contributed by atoms with Crippen LogP contribution in [0.4, 0.5) is 0 Å². The van der Waals surface area contributed by atoms with Crippen molar-refractivity contribution in [2.24, 2.45) is 5.73 Å². The lowest BCUT2D eigenvalue weighted by Crippen LogP contribution is -2.42. The Bertz CT molecular complexity index is 565. The predicted molar refractivity (Wildman–Crippen MR) is 89.5 cm³/mol. The van der Waals surface area contributed by atoms with Crippen molar-refractivity contribution in [1.82, 2.24) is 4.90 Å². The summed E-state index contributed by atoms with van der Waals surface area (Å²) in [6.45, 7) is 6.65. The molecule has 2 N–H and O–H groups in total. The van der Waals surface area contributed by atoms with E-state index < -0.39 is 0 Å². The van der Waals surface area contributed by atoms with Crippen molar-refractivity contribution < 1.29 is 4.74 Å². The third-order valence-corrected chi connectivity index (χ3v) is 4.15. The molecule has 0 amide bonds. The summed E-state index contributed by atoms with van der Waals surface area (Å²) >= 11 is 0. The highest BCUT2D eigenvalue weighted by atomic mass is 16.5. The molecule has 0 saturated carbocycles. The number of methoxy groups -OCH3 is 1. The highest BCUT2D eigenvalue weighted by Gasteiger charge is 2.23. The number of ether oxygens (including phenoxy) is 1. The summed E-state index contributed by atoms with van der Waals surface area (Å²) in [7, 11) is 1.75. The van der Waals surface area contributed by atoms with E-state index in [1.807, 2.05) is 0 Å². The second-order valence-electron chi connectivity index (χ2n) is 5.45. The average molecular weight is 286 g/mol. The number of nitrogens with zero attached hydrogens (tertiary/aromatic N) is 1. The third-order valence-electron chi connectivity index (χ3n) is 4.15. The first-order valence-electron chi connectivity index (χ1n) is 7.65. The maximum absolute atomic E-state index is 6.12. The molecule has 0 radical (unpaired) electrons. The molecule has 0 spiro atoms. The van der Waals surface area contributed by atoms with Gasteiger partial charge in [-0.05, 0) is 29.8 Å². The lowest BCUT2D eigenvalue weighted by molar-refractivity contribution is 0.0755. The molecule has 2 rings (SSSR count). The van der Waals surface area contributed by atoms with Crippen molar-refractivity contribution in [2.75, 3.05) is 26.8 Å². The number of fused-ring (bicyclic) bond motifs is 1. The Morgan fingerprint density at radius 1 is 1.14 bits per heavy atom. The zero-order valence-electron chi connectivity index (χ0n) is 13.3. The van der Waals surface area contributed by atoms with Gasteiger partial charge < -0.3 is 10.5 Å². The maximum Gasteiger partial charge on any atom is 0.0615 e. The van der Waals surface area contributed by atoms with E-state index in [4.69, 9.17) is 10.5 Å². The number of hydrogen-bond donors (Lipinski definition) is 1. The van der Waals surface area contributed by atoms with E-state index in [9.17, 15) is 0 Å². The van der Waals surface area contributed by atoms with Gasteiger partial charge in [-0.1, -0.05) is 49.4 Å². The molecule has 2 atom stereocenters. The van der Waals surface area contributed by atoms with E-state index >= 15 is 0 Å². The van der Waals surface area contributed by atoms with E-state index in [1.165, 1.54) is 16.3 Å². The molecule has 3 heteroatoms. The SMILES string of the molecule is CCN(C(C)COC)C(CN)c1cccc2ccccc12. The summed E-state index contributed by atoms with van der Waals surface area (Å²) in [5.41, 5.74) is 7.43. The molecule has 2 aromatic rings. The monoisotopic (exact) mass is 286 g/mol. The largest absolute Gasteiger partial charge is 0.383 e. The van der Waals surface area contributed by atoms with Gasteiger partial charge >= 0.3 is 0 Å². The van der Waals surface area contributed by atoms with Crippen molar-refractivity contribution in [1.29, 1.82) is 0 Å². The minimum Gasteiger partial charge on any atom is -0.383 e. The summed E-state index contributed by atoms with van der Waals surface area (Å²) in [6.07, 6.45) is 0. The Balaban J connectivity index is 2.42. The smallest absolute Gasteiger partial charge is 0.0615 e. The molecule has 114 valence electrons. The highest BCUT2D eigenvalue weighted by Crippen LogP contribution is 2.29. The summed E-state index contributed by atoms with van der Waals surface area (Å²) in [5.74, 6) is 0. The van der Waals surface area contributed by atoms with E-state index in [0.29, 0.717) is 12.6 Å². The Hall–Kier alpha value is -1.42. The van der Waals surface area contributed by atoms with Gasteiger partial charge in [0.15, 0.2) is 0 Å². The van der Waals surface area contributed by atoms with Crippen LogP contribution < -0.4 is 5.73 Å². The fraction of sp³-hybridized carbons (Fsp3) is 0.444. The molecule has 0 bridgehead atoms. The molecular weight excluding hydrogens is 260 g/mol. The van der Waals surface area contributed by atoms with Gasteiger partial charge in [-0.25, -0.2) is 0 Å². The van der Waals surface area contributed by atoms with Crippen LogP contribution >= 0.6 is 0 Å². The average Bonchev–Trinajstić information content (AvgIpc) is 2.52. The Kier molecular flexibility index (Phi) is 5.74. The lowest BCUT2D eigenvalue weighted by atomic mass is 9.96. The van der Waals surface area contributed by atoms with Crippen molar-refractivity contribution >= 4 is 10.8 Å². The van der Waals surface area contributed by atoms with Gasteiger partial charge in [-0.3, -0.25) is 4.90 Å². The molecule has 3 nitrogen and oxygen atoms in total. The van der Waals surface area contributed by atoms with Gasteiger partial charge in [0, 0.05) is 25.7 Å².